The average Bonchev–Trinajstić information content (AvgIpc) is 3.54. The van der Waals surface area contributed by atoms with Gasteiger partial charge in [-0.1, -0.05) is 55.2 Å². The third kappa shape index (κ3) is 5.77. The Morgan fingerprint density at radius 1 is 1.13 bits per heavy atom. The van der Waals surface area contributed by atoms with Crippen molar-refractivity contribution in [2.24, 2.45) is 5.41 Å². The lowest BCUT2D eigenvalue weighted by Gasteiger charge is -2.37. The van der Waals surface area contributed by atoms with Crippen LogP contribution >= 0.6 is 23.2 Å². The molecule has 2 amide bonds. The first-order valence-corrected chi connectivity index (χ1v) is 13.7. The van der Waals surface area contributed by atoms with Crippen LogP contribution in [0.25, 0.3) is 0 Å². The van der Waals surface area contributed by atoms with Gasteiger partial charge >= 0.3 is 5.97 Å². The van der Waals surface area contributed by atoms with Crippen molar-refractivity contribution in [2.75, 3.05) is 13.1 Å². The van der Waals surface area contributed by atoms with Gasteiger partial charge in [0.1, 0.15) is 23.8 Å². The van der Waals surface area contributed by atoms with E-state index in [0.717, 1.165) is 13.0 Å². The third-order valence-electron chi connectivity index (χ3n) is 7.78. The normalized spacial score (nSPS) is 19.3. The van der Waals surface area contributed by atoms with Gasteiger partial charge in [-0.05, 0) is 49.1 Å². The number of hydrogen-bond donors (Lipinski definition) is 3. The Morgan fingerprint density at radius 2 is 1.79 bits per heavy atom. The number of carbonyl (C=O) groups is 3. The van der Waals surface area contributed by atoms with E-state index in [1.807, 2.05) is 0 Å². The van der Waals surface area contributed by atoms with Crippen LogP contribution in [-0.2, 0) is 27.4 Å². The highest BCUT2D eigenvalue weighted by atomic mass is 35.5. The number of benzene rings is 2. The maximum atomic E-state index is 13.6. The molecule has 3 N–H and O–H groups in total. The fraction of sp³-hybridized carbons (Fsp3) is 0.464. The van der Waals surface area contributed by atoms with Gasteiger partial charge in [-0.15, -0.1) is 0 Å². The first-order chi connectivity index (χ1) is 18.2. The first kappa shape index (κ1) is 28.2. The van der Waals surface area contributed by atoms with Gasteiger partial charge in [0, 0.05) is 47.2 Å². The number of nitrogens with one attached hydrogen (secondary N) is 2. The number of aliphatic carboxylic acids is 1. The zero-order chi connectivity index (χ0) is 27.4. The zero-order valence-electron chi connectivity index (χ0n) is 21.5. The van der Waals surface area contributed by atoms with Crippen LogP contribution in [0.1, 0.15) is 44.2 Å². The summed E-state index contributed by atoms with van der Waals surface area (Å²) in [6.45, 7) is 5.10. The molecule has 0 unspecified atom stereocenters. The summed E-state index contributed by atoms with van der Waals surface area (Å²) in [5.74, 6) is -1.34. The minimum Gasteiger partial charge on any atom is -0.489 e. The van der Waals surface area contributed by atoms with Crippen molar-refractivity contribution in [3.63, 3.8) is 0 Å². The summed E-state index contributed by atoms with van der Waals surface area (Å²) in [6.07, 6.45) is 1.54. The van der Waals surface area contributed by atoms with E-state index in [-0.39, 0.29) is 31.0 Å². The number of carbonyl (C=O) groups excluding carboxylic acids is 2. The molecule has 10 heteroatoms. The summed E-state index contributed by atoms with van der Waals surface area (Å²) < 4.78 is 5.79. The lowest BCUT2D eigenvalue weighted by atomic mass is 9.79. The SMILES string of the molecule is CCC(CC)(C(=O)N[C@@H](Cc1ccc(OCc2c(Cl)cccc2Cl)cc1)C(=O)O)C(=O)N1C[C@@H]2C[C@H]1CN2. The Hall–Kier alpha value is -2.81. The maximum absolute atomic E-state index is 13.6. The fourth-order valence-electron chi connectivity index (χ4n) is 5.33. The molecule has 0 aliphatic carbocycles. The molecule has 2 aromatic carbocycles. The molecule has 4 rings (SSSR count). The van der Waals surface area contributed by atoms with Gasteiger partial charge in [-0.2, -0.15) is 0 Å². The van der Waals surface area contributed by atoms with E-state index in [2.05, 4.69) is 10.6 Å². The maximum Gasteiger partial charge on any atom is 0.326 e. The lowest BCUT2D eigenvalue weighted by molar-refractivity contribution is -0.155. The van der Waals surface area contributed by atoms with Crippen molar-refractivity contribution in [1.82, 2.24) is 15.5 Å². The second kappa shape index (κ2) is 11.9. The van der Waals surface area contributed by atoms with Crippen molar-refractivity contribution in [1.29, 1.82) is 0 Å². The van der Waals surface area contributed by atoms with E-state index in [4.69, 9.17) is 27.9 Å². The largest absolute Gasteiger partial charge is 0.489 e. The van der Waals surface area contributed by atoms with Crippen LogP contribution in [0.15, 0.2) is 42.5 Å². The molecule has 2 saturated heterocycles. The highest BCUT2D eigenvalue weighted by Crippen LogP contribution is 2.35. The molecule has 2 aliphatic heterocycles. The minimum absolute atomic E-state index is 0.0632. The van der Waals surface area contributed by atoms with E-state index in [1.165, 1.54) is 0 Å². The second-order valence-electron chi connectivity index (χ2n) is 9.94. The Bertz CT molecular complexity index is 1170. The molecule has 0 radical (unpaired) electrons. The predicted octanol–water partition coefficient (Wildman–Crippen LogP) is 4.06. The van der Waals surface area contributed by atoms with Gasteiger partial charge in [0.15, 0.2) is 0 Å². The van der Waals surface area contributed by atoms with Gasteiger partial charge in [0.05, 0.1) is 0 Å². The number of nitrogens with zero attached hydrogens (tertiary/aromatic N) is 1. The van der Waals surface area contributed by atoms with Gasteiger partial charge < -0.3 is 25.4 Å². The van der Waals surface area contributed by atoms with Gasteiger partial charge in [0.25, 0.3) is 0 Å². The van der Waals surface area contributed by atoms with Crippen molar-refractivity contribution in [2.45, 2.75) is 64.3 Å². The van der Waals surface area contributed by atoms with Crippen molar-refractivity contribution in [3.8, 4) is 5.75 Å². The van der Waals surface area contributed by atoms with E-state index >= 15 is 0 Å². The molecule has 3 atom stereocenters. The topological polar surface area (TPSA) is 108 Å². The minimum atomic E-state index is -1.30. The number of hydrogen-bond acceptors (Lipinski definition) is 5. The van der Waals surface area contributed by atoms with Crippen LogP contribution in [-0.4, -0.2) is 59.0 Å². The van der Waals surface area contributed by atoms with Crippen LogP contribution < -0.4 is 15.4 Å². The highest BCUT2D eigenvalue weighted by molar-refractivity contribution is 6.35. The number of fused-ring (bicyclic) bond motifs is 2. The highest BCUT2D eigenvalue weighted by Gasteiger charge is 2.51. The molecule has 2 bridgehead atoms. The van der Waals surface area contributed by atoms with Gasteiger partial charge in [-0.25, -0.2) is 4.79 Å². The predicted molar refractivity (Wildman–Crippen MR) is 145 cm³/mol. The Morgan fingerprint density at radius 3 is 2.32 bits per heavy atom. The smallest absolute Gasteiger partial charge is 0.326 e. The summed E-state index contributed by atoms with van der Waals surface area (Å²) in [6, 6.07) is 11.3. The third-order valence-corrected chi connectivity index (χ3v) is 8.49. The number of piperazine rings is 1. The summed E-state index contributed by atoms with van der Waals surface area (Å²) in [5.41, 5.74) is 0.0840. The average molecular weight is 562 g/mol. The van der Waals surface area contributed by atoms with Gasteiger partial charge in [-0.3, -0.25) is 9.59 Å². The quantitative estimate of drug-likeness (QED) is 0.357. The lowest BCUT2D eigenvalue weighted by Crippen LogP contribution is -2.58. The number of halogens is 2. The van der Waals surface area contributed by atoms with Crippen LogP contribution in [0.5, 0.6) is 5.75 Å². The number of likely N-dealkylation sites (tertiary alicyclic amines) is 1. The molecule has 0 aromatic heterocycles. The summed E-state index contributed by atoms with van der Waals surface area (Å²) >= 11 is 12.4. The Balaban J connectivity index is 1.41. The summed E-state index contributed by atoms with van der Waals surface area (Å²) in [7, 11) is 0. The van der Waals surface area contributed by atoms with E-state index in [9.17, 15) is 19.5 Å². The van der Waals surface area contributed by atoms with Gasteiger partial charge in [0.2, 0.25) is 11.8 Å². The summed E-state index contributed by atoms with van der Waals surface area (Å²) in [4.78, 5) is 41.0. The van der Waals surface area contributed by atoms with E-state index in [0.29, 0.717) is 46.3 Å². The van der Waals surface area contributed by atoms with Crippen molar-refractivity contribution in [3.05, 3.63) is 63.6 Å². The number of carboxylic acids is 1. The molecule has 2 heterocycles. The molecular weight excluding hydrogens is 529 g/mol. The molecule has 2 fully saturated rings. The molecular formula is C28H33Cl2N3O5. The summed E-state index contributed by atoms with van der Waals surface area (Å²) in [5, 5.41) is 16.9. The second-order valence-corrected chi connectivity index (χ2v) is 10.8. The van der Waals surface area contributed by atoms with E-state index < -0.39 is 23.3 Å². The van der Waals surface area contributed by atoms with Crippen LogP contribution in [0.2, 0.25) is 10.0 Å². The Labute approximate surface area is 232 Å². The van der Waals surface area contributed by atoms with Crippen molar-refractivity contribution < 1.29 is 24.2 Å². The van der Waals surface area contributed by atoms with Crippen molar-refractivity contribution >= 4 is 41.0 Å². The first-order valence-electron chi connectivity index (χ1n) is 12.9. The monoisotopic (exact) mass is 561 g/mol. The van der Waals surface area contributed by atoms with E-state index in [1.54, 1.807) is 61.2 Å². The standard InChI is InChI=1S/C28H33Cl2N3O5/c1-3-28(4-2,27(37)33-15-18-13-19(33)14-31-18)26(36)32-24(25(34)35)12-17-8-10-20(11-9-17)38-16-21-22(29)6-5-7-23(21)30/h5-11,18-19,24,31H,3-4,12-16H2,1-2H3,(H,32,36)(H,34,35)/t18-,19-,24-/m0/s1. The molecule has 8 nitrogen and oxygen atoms in total. The molecule has 0 saturated carbocycles. The number of ether oxygens (including phenoxy) is 1. The molecule has 2 aliphatic rings. The number of rotatable bonds is 11. The Kier molecular flexibility index (Phi) is 8.85. The fourth-order valence-corrected chi connectivity index (χ4v) is 5.84. The number of carboxylic acid groups (broad SMARTS) is 1. The number of amides is 2. The zero-order valence-corrected chi connectivity index (χ0v) is 23.0. The molecule has 38 heavy (non-hydrogen) atoms. The van der Waals surface area contributed by atoms with Crippen LogP contribution in [0.4, 0.5) is 0 Å². The molecule has 0 spiro atoms. The van der Waals surface area contributed by atoms with Crippen LogP contribution in [0.3, 0.4) is 0 Å². The van der Waals surface area contributed by atoms with Crippen LogP contribution in [0, 0.1) is 5.41 Å². The molecule has 204 valence electrons. The molecule has 2 aromatic rings.